The minimum absolute atomic E-state index is 0.0633. The van der Waals surface area contributed by atoms with E-state index < -0.39 is 8.32 Å². The lowest BCUT2D eigenvalue weighted by molar-refractivity contribution is 0.188. The SMILES string of the molecule is CC1=C[C@@](CO[Si](C)(C)C(C)(C)C)(CC(C)C)NC1. The minimum Gasteiger partial charge on any atom is -0.415 e. The highest BCUT2D eigenvalue weighted by Gasteiger charge is 2.40. The van der Waals surface area contributed by atoms with Crippen LogP contribution in [0.3, 0.4) is 0 Å². The van der Waals surface area contributed by atoms with E-state index >= 15 is 0 Å². The Bertz CT molecular complexity index is 341. The Hall–Kier alpha value is -0.123. The van der Waals surface area contributed by atoms with Crippen LogP contribution in [0.2, 0.25) is 18.1 Å². The fourth-order valence-corrected chi connectivity index (χ4v) is 3.48. The van der Waals surface area contributed by atoms with E-state index in [1.807, 2.05) is 0 Å². The molecule has 19 heavy (non-hydrogen) atoms. The van der Waals surface area contributed by atoms with E-state index in [9.17, 15) is 0 Å². The summed E-state index contributed by atoms with van der Waals surface area (Å²) in [6.45, 7) is 20.2. The summed E-state index contributed by atoms with van der Waals surface area (Å²) >= 11 is 0. The molecule has 0 saturated heterocycles. The fraction of sp³-hybridized carbons (Fsp3) is 0.875. The van der Waals surface area contributed by atoms with Crippen LogP contribution in [0.1, 0.15) is 48.0 Å². The first-order valence-electron chi connectivity index (χ1n) is 7.55. The molecule has 3 heteroatoms. The highest BCUT2D eigenvalue weighted by Crippen LogP contribution is 2.38. The molecule has 1 aliphatic rings. The molecule has 0 unspecified atom stereocenters. The molecule has 0 bridgehead atoms. The highest BCUT2D eigenvalue weighted by atomic mass is 28.4. The summed E-state index contributed by atoms with van der Waals surface area (Å²) in [5.74, 6) is 0.678. The van der Waals surface area contributed by atoms with Crippen molar-refractivity contribution in [2.45, 2.75) is 71.6 Å². The van der Waals surface area contributed by atoms with Crippen molar-refractivity contribution in [3.8, 4) is 0 Å². The van der Waals surface area contributed by atoms with Gasteiger partial charge in [-0.25, -0.2) is 0 Å². The second-order valence-electron chi connectivity index (χ2n) is 8.15. The van der Waals surface area contributed by atoms with Gasteiger partial charge in [-0.2, -0.15) is 0 Å². The van der Waals surface area contributed by atoms with Gasteiger partial charge >= 0.3 is 0 Å². The van der Waals surface area contributed by atoms with Crippen molar-refractivity contribution in [3.63, 3.8) is 0 Å². The van der Waals surface area contributed by atoms with Gasteiger partial charge in [-0.3, -0.25) is 0 Å². The van der Waals surface area contributed by atoms with Gasteiger partial charge in [-0.05, 0) is 37.4 Å². The van der Waals surface area contributed by atoms with E-state index in [0.29, 0.717) is 5.92 Å². The zero-order valence-corrected chi connectivity index (χ0v) is 15.2. The van der Waals surface area contributed by atoms with Crippen molar-refractivity contribution < 1.29 is 4.43 Å². The molecule has 1 heterocycles. The van der Waals surface area contributed by atoms with Crippen molar-refractivity contribution in [1.82, 2.24) is 5.32 Å². The first kappa shape index (κ1) is 16.9. The van der Waals surface area contributed by atoms with Gasteiger partial charge in [0.05, 0.1) is 12.1 Å². The van der Waals surface area contributed by atoms with Crippen LogP contribution in [0, 0.1) is 5.92 Å². The maximum atomic E-state index is 6.46. The molecule has 1 atom stereocenters. The molecule has 0 aliphatic carbocycles. The van der Waals surface area contributed by atoms with Crippen LogP contribution in [0.15, 0.2) is 11.6 Å². The average Bonchev–Trinajstić information content (AvgIpc) is 2.55. The molecular weight excluding hydrogens is 250 g/mol. The largest absolute Gasteiger partial charge is 0.415 e. The first-order valence-corrected chi connectivity index (χ1v) is 10.5. The van der Waals surface area contributed by atoms with Crippen molar-refractivity contribution in [3.05, 3.63) is 11.6 Å². The average molecular weight is 284 g/mol. The van der Waals surface area contributed by atoms with Crippen LogP contribution in [-0.4, -0.2) is 27.0 Å². The van der Waals surface area contributed by atoms with Crippen LogP contribution in [0.25, 0.3) is 0 Å². The Labute approximate surface area is 121 Å². The third kappa shape index (κ3) is 4.43. The van der Waals surface area contributed by atoms with E-state index in [4.69, 9.17) is 4.43 Å². The van der Waals surface area contributed by atoms with Gasteiger partial charge in [0, 0.05) is 6.54 Å². The molecule has 0 amide bonds. The molecule has 0 aromatic carbocycles. The third-order valence-corrected chi connectivity index (χ3v) is 8.99. The van der Waals surface area contributed by atoms with E-state index in [1.54, 1.807) is 0 Å². The molecule has 0 radical (unpaired) electrons. The van der Waals surface area contributed by atoms with Gasteiger partial charge in [0.1, 0.15) is 0 Å². The van der Waals surface area contributed by atoms with Crippen molar-refractivity contribution in [2.24, 2.45) is 5.92 Å². The number of hydrogen-bond donors (Lipinski definition) is 1. The summed E-state index contributed by atoms with van der Waals surface area (Å²) in [5.41, 5.74) is 1.51. The summed E-state index contributed by atoms with van der Waals surface area (Å²) in [6, 6.07) is 0. The number of nitrogens with one attached hydrogen (secondary N) is 1. The lowest BCUT2D eigenvalue weighted by Gasteiger charge is -2.40. The summed E-state index contributed by atoms with van der Waals surface area (Å²) in [5, 5.41) is 3.96. The van der Waals surface area contributed by atoms with Gasteiger partial charge in [-0.15, -0.1) is 0 Å². The summed E-state index contributed by atoms with van der Waals surface area (Å²) in [6.07, 6.45) is 3.55. The van der Waals surface area contributed by atoms with Gasteiger partial charge in [0.15, 0.2) is 8.32 Å². The van der Waals surface area contributed by atoms with E-state index in [0.717, 1.165) is 19.6 Å². The number of rotatable bonds is 5. The first-order chi connectivity index (χ1) is 8.47. The Morgan fingerprint density at radius 3 is 2.32 bits per heavy atom. The molecule has 0 aromatic rings. The molecule has 1 aliphatic heterocycles. The zero-order chi connectivity index (χ0) is 14.9. The molecule has 0 spiro atoms. The van der Waals surface area contributed by atoms with Crippen LogP contribution in [-0.2, 0) is 4.43 Å². The standard InChI is InChI=1S/C16H33NOSi/c1-13(2)9-16(10-14(3)11-17-16)12-18-19(7,8)15(4,5)6/h10,13,17H,9,11-12H2,1-8H3/t16-/m1/s1. The molecule has 0 fully saturated rings. The van der Waals surface area contributed by atoms with Gasteiger partial charge in [0.2, 0.25) is 0 Å². The number of hydrogen-bond acceptors (Lipinski definition) is 2. The third-order valence-electron chi connectivity index (χ3n) is 4.51. The van der Waals surface area contributed by atoms with Crippen molar-refractivity contribution >= 4 is 8.32 Å². The van der Waals surface area contributed by atoms with Gasteiger partial charge in [0.25, 0.3) is 0 Å². The van der Waals surface area contributed by atoms with E-state index in [2.05, 4.69) is 66.0 Å². The monoisotopic (exact) mass is 283 g/mol. The highest BCUT2D eigenvalue weighted by molar-refractivity contribution is 6.74. The second-order valence-corrected chi connectivity index (χ2v) is 13.0. The lowest BCUT2D eigenvalue weighted by Crippen LogP contribution is -2.50. The van der Waals surface area contributed by atoms with Crippen LogP contribution < -0.4 is 5.32 Å². The van der Waals surface area contributed by atoms with Crippen molar-refractivity contribution in [1.29, 1.82) is 0 Å². The Balaban J connectivity index is 2.76. The fourth-order valence-electron chi connectivity index (χ4n) is 2.43. The van der Waals surface area contributed by atoms with Gasteiger partial charge < -0.3 is 9.74 Å². The zero-order valence-electron chi connectivity index (χ0n) is 14.2. The Morgan fingerprint density at radius 2 is 1.95 bits per heavy atom. The normalized spacial score (nSPS) is 25.0. The summed E-state index contributed by atoms with van der Waals surface area (Å²) in [7, 11) is -1.66. The van der Waals surface area contributed by atoms with Crippen LogP contribution >= 0.6 is 0 Å². The molecule has 0 aromatic heterocycles. The van der Waals surface area contributed by atoms with E-state index in [1.165, 1.54) is 5.57 Å². The molecule has 112 valence electrons. The topological polar surface area (TPSA) is 21.3 Å². The minimum atomic E-state index is -1.66. The summed E-state index contributed by atoms with van der Waals surface area (Å²) < 4.78 is 6.46. The predicted molar refractivity (Wildman–Crippen MR) is 87.1 cm³/mol. The maximum absolute atomic E-state index is 6.46. The predicted octanol–water partition coefficient (Wildman–Crippen LogP) is 4.34. The second kappa shape index (κ2) is 5.70. The maximum Gasteiger partial charge on any atom is 0.192 e. The van der Waals surface area contributed by atoms with E-state index in [-0.39, 0.29) is 10.6 Å². The Morgan fingerprint density at radius 1 is 1.37 bits per heavy atom. The Kier molecular flexibility index (Phi) is 5.08. The molecule has 1 N–H and O–H groups in total. The molecule has 0 saturated carbocycles. The molecule has 2 nitrogen and oxygen atoms in total. The molecular formula is C16H33NOSi. The van der Waals surface area contributed by atoms with Crippen LogP contribution in [0.5, 0.6) is 0 Å². The van der Waals surface area contributed by atoms with Gasteiger partial charge in [-0.1, -0.05) is 46.3 Å². The summed E-state index contributed by atoms with van der Waals surface area (Å²) in [4.78, 5) is 0. The molecule has 1 rings (SSSR count). The smallest absolute Gasteiger partial charge is 0.192 e. The lowest BCUT2D eigenvalue weighted by atomic mass is 9.90. The van der Waals surface area contributed by atoms with Crippen LogP contribution in [0.4, 0.5) is 0 Å². The quantitative estimate of drug-likeness (QED) is 0.598. The van der Waals surface area contributed by atoms with Crippen molar-refractivity contribution in [2.75, 3.05) is 13.2 Å².